The van der Waals surface area contributed by atoms with Gasteiger partial charge in [-0.1, -0.05) is 0 Å². The van der Waals surface area contributed by atoms with Gasteiger partial charge < -0.3 is 19.5 Å². The van der Waals surface area contributed by atoms with Gasteiger partial charge in [-0.05, 0) is 52.4 Å². The first-order chi connectivity index (χ1) is 10.1. The number of aliphatic hydroxyl groups is 1. The molecule has 0 aromatic rings. The van der Waals surface area contributed by atoms with Crippen LogP contribution >= 0.6 is 0 Å². The van der Waals surface area contributed by atoms with Crippen LogP contribution in [0.5, 0.6) is 0 Å². The molecule has 0 bridgehead atoms. The minimum absolute atomic E-state index is 0.206. The van der Waals surface area contributed by atoms with Gasteiger partial charge in [-0.25, -0.2) is 0 Å². The third-order valence-electron chi connectivity index (χ3n) is 5.34. The van der Waals surface area contributed by atoms with Crippen LogP contribution in [0.2, 0.25) is 0 Å². The van der Waals surface area contributed by atoms with E-state index in [1.165, 1.54) is 19.4 Å². The third kappa shape index (κ3) is 3.59. The lowest BCUT2D eigenvalue weighted by Gasteiger charge is -2.46. The lowest BCUT2D eigenvalue weighted by Crippen LogP contribution is -2.55. The molecule has 3 fully saturated rings. The quantitative estimate of drug-likeness (QED) is 0.839. The number of hydrogen-bond donors (Lipinski definition) is 1. The van der Waals surface area contributed by atoms with E-state index in [1.807, 2.05) is 0 Å². The molecule has 122 valence electrons. The van der Waals surface area contributed by atoms with Gasteiger partial charge in [0.15, 0.2) is 5.79 Å². The van der Waals surface area contributed by atoms with Crippen LogP contribution in [0.4, 0.5) is 0 Å². The molecular formula is C16H30N2O3. The Labute approximate surface area is 128 Å². The van der Waals surface area contributed by atoms with E-state index in [1.54, 1.807) is 0 Å². The zero-order valence-corrected chi connectivity index (χ0v) is 13.5. The summed E-state index contributed by atoms with van der Waals surface area (Å²) in [6, 6.07) is 0.206. The SMILES string of the molecule is CN(C)CC1CCN(C2CC3(CCC2O)OCCO3)CC1. The Bertz CT molecular complexity index is 336. The second kappa shape index (κ2) is 6.50. The third-order valence-corrected chi connectivity index (χ3v) is 5.34. The lowest BCUT2D eigenvalue weighted by atomic mass is 9.84. The molecule has 0 amide bonds. The van der Waals surface area contributed by atoms with Crippen LogP contribution in [0.3, 0.4) is 0 Å². The molecule has 2 aliphatic heterocycles. The van der Waals surface area contributed by atoms with Crippen LogP contribution in [0.15, 0.2) is 0 Å². The molecule has 2 saturated heterocycles. The van der Waals surface area contributed by atoms with Crippen molar-refractivity contribution in [3.63, 3.8) is 0 Å². The van der Waals surface area contributed by atoms with E-state index in [9.17, 15) is 5.11 Å². The number of hydrogen-bond acceptors (Lipinski definition) is 5. The normalized spacial score (nSPS) is 34.9. The van der Waals surface area contributed by atoms with E-state index >= 15 is 0 Å². The van der Waals surface area contributed by atoms with E-state index in [0.717, 1.165) is 38.3 Å². The van der Waals surface area contributed by atoms with Gasteiger partial charge in [0.25, 0.3) is 0 Å². The summed E-state index contributed by atoms with van der Waals surface area (Å²) in [5.74, 6) is 0.398. The van der Waals surface area contributed by atoms with Crippen LogP contribution in [-0.4, -0.2) is 79.8 Å². The van der Waals surface area contributed by atoms with Crippen molar-refractivity contribution < 1.29 is 14.6 Å². The van der Waals surface area contributed by atoms with Crippen molar-refractivity contribution in [1.29, 1.82) is 0 Å². The molecular weight excluding hydrogens is 268 g/mol. The number of piperidine rings is 1. The predicted molar refractivity (Wildman–Crippen MR) is 81.1 cm³/mol. The van der Waals surface area contributed by atoms with Crippen molar-refractivity contribution >= 4 is 0 Å². The first-order valence-electron chi connectivity index (χ1n) is 8.43. The van der Waals surface area contributed by atoms with Crippen LogP contribution in [0.25, 0.3) is 0 Å². The lowest BCUT2D eigenvalue weighted by molar-refractivity contribution is -0.206. The Hall–Kier alpha value is -0.200. The van der Waals surface area contributed by atoms with Crippen molar-refractivity contribution in [1.82, 2.24) is 9.80 Å². The van der Waals surface area contributed by atoms with Gasteiger partial charge in [0, 0.05) is 25.4 Å². The number of likely N-dealkylation sites (tertiary alicyclic amines) is 1. The first kappa shape index (κ1) is 15.7. The van der Waals surface area contributed by atoms with Crippen LogP contribution in [0.1, 0.15) is 32.1 Å². The maximum Gasteiger partial charge on any atom is 0.170 e. The Morgan fingerprint density at radius 3 is 2.43 bits per heavy atom. The zero-order valence-electron chi connectivity index (χ0n) is 13.5. The molecule has 1 spiro atoms. The molecule has 0 radical (unpaired) electrons. The van der Waals surface area contributed by atoms with Gasteiger partial charge >= 0.3 is 0 Å². The number of ether oxygens (including phenoxy) is 2. The summed E-state index contributed by atoms with van der Waals surface area (Å²) in [6.45, 7) is 4.77. The fourth-order valence-electron chi connectivity index (χ4n) is 4.23. The Balaban J connectivity index is 1.56. The van der Waals surface area contributed by atoms with E-state index in [4.69, 9.17) is 9.47 Å². The van der Waals surface area contributed by atoms with Gasteiger partial charge in [-0.15, -0.1) is 0 Å². The van der Waals surface area contributed by atoms with Crippen molar-refractivity contribution in [3.8, 4) is 0 Å². The molecule has 1 aliphatic carbocycles. The second-order valence-electron chi connectivity index (χ2n) is 7.23. The van der Waals surface area contributed by atoms with Crippen molar-refractivity contribution in [2.24, 2.45) is 5.92 Å². The molecule has 3 rings (SSSR count). The Morgan fingerprint density at radius 1 is 1.14 bits per heavy atom. The van der Waals surface area contributed by atoms with Gasteiger partial charge in [0.1, 0.15) is 0 Å². The maximum atomic E-state index is 10.4. The number of rotatable bonds is 3. The average Bonchev–Trinajstić information content (AvgIpc) is 2.91. The standard InChI is InChI=1S/C16H30N2O3/c1-17(2)12-13-4-7-18(8-5-13)14-11-16(6-3-15(14)19)20-9-10-21-16/h13-15,19H,3-12H2,1-2H3. The summed E-state index contributed by atoms with van der Waals surface area (Å²) in [7, 11) is 4.30. The van der Waals surface area contributed by atoms with Crippen LogP contribution < -0.4 is 0 Å². The average molecular weight is 298 g/mol. The van der Waals surface area contributed by atoms with E-state index in [-0.39, 0.29) is 12.1 Å². The summed E-state index contributed by atoms with van der Waals surface area (Å²) in [5.41, 5.74) is 0. The van der Waals surface area contributed by atoms with Crippen molar-refractivity contribution in [2.75, 3.05) is 46.9 Å². The molecule has 1 saturated carbocycles. The molecule has 0 aromatic heterocycles. The summed E-state index contributed by atoms with van der Waals surface area (Å²) >= 11 is 0. The molecule has 5 heteroatoms. The highest BCUT2D eigenvalue weighted by atomic mass is 16.7. The van der Waals surface area contributed by atoms with Crippen LogP contribution in [-0.2, 0) is 9.47 Å². The highest BCUT2D eigenvalue weighted by molar-refractivity contribution is 4.94. The maximum absolute atomic E-state index is 10.4. The molecule has 2 atom stereocenters. The molecule has 2 heterocycles. The van der Waals surface area contributed by atoms with E-state index in [2.05, 4.69) is 23.9 Å². The zero-order chi connectivity index (χ0) is 14.9. The van der Waals surface area contributed by atoms with Crippen molar-refractivity contribution in [3.05, 3.63) is 0 Å². The van der Waals surface area contributed by atoms with Gasteiger partial charge in [0.05, 0.1) is 19.3 Å². The Morgan fingerprint density at radius 2 is 1.81 bits per heavy atom. The van der Waals surface area contributed by atoms with Crippen LogP contribution in [0, 0.1) is 5.92 Å². The highest BCUT2D eigenvalue weighted by Gasteiger charge is 2.46. The summed E-state index contributed by atoms with van der Waals surface area (Å²) in [4.78, 5) is 4.76. The van der Waals surface area contributed by atoms with Gasteiger partial charge in [-0.3, -0.25) is 4.90 Å². The predicted octanol–water partition coefficient (Wildman–Crippen LogP) is 0.917. The monoisotopic (exact) mass is 298 g/mol. The largest absolute Gasteiger partial charge is 0.391 e. The smallest absolute Gasteiger partial charge is 0.170 e. The minimum Gasteiger partial charge on any atom is -0.391 e. The number of nitrogens with zero attached hydrogens (tertiary/aromatic N) is 2. The number of aliphatic hydroxyl groups excluding tert-OH is 1. The molecule has 21 heavy (non-hydrogen) atoms. The summed E-state index contributed by atoms with van der Waals surface area (Å²) in [5, 5.41) is 10.4. The van der Waals surface area contributed by atoms with Gasteiger partial charge in [-0.2, -0.15) is 0 Å². The minimum atomic E-state index is -0.398. The Kier molecular flexibility index (Phi) is 4.86. The fraction of sp³-hybridized carbons (Fsp3) is 1.00. The van der Waals surface area contributed by atoms with E-state index in [0.29, 0.717) is 13.2 Å². The summed E-state index contributed by atoms with van der Waals surface area (Å²) < 4.78 is 11.7. The fourth-order valence-corrected chi connectivity index (χ4v) is 4.23. The topological polar surface area (TPSA) is 45.2 Å². The van der Waals surface area contributed by atoms with Crippen molar-refractivity contribution in [2.45, 2.75) is 50.0 Å². The van der Waals surface area contributed by atoms with Gasteiger partial charge in [0.2, 0.25) is 0 Å². The van der Waals surface area contributed by atoms with E-state index < -0.39 is 5.79 Å². The molecule has 3 aliphatic rings. The summed E-state index contributed by atoms with van der Waals surface area (Å²) in [6.07, 6.45) is 4.69. The molecule has 0 aromatic carbocycles. The first-order valence-corrected chi connectivity index (χ1v) is 8.43. The molecule has 5 nitrogen and oxygen atoms in total. The molecule has 2 unspecified atom stereocenters. The molecule has 1 N–H and O–H groups in total. The second-order valence-corrected chi connectivity index (χ2v) is 7.23. The highest BCUT2D eigenvalue weighted by Crippen LogP contribution is 2.38.